The Kier molecular flexibility index (Phi) is 4.62. The van der Waals surface area contributed by atoms with Gasteiger partial charge in [-0.15, -0.1) is 0 Å². The minimum Gasteiger partial charge on any atom is -0.497 e. The Morgan fingerprint density at radius 2 is 1.93 bits per heavy atom. The highest BCUT2D eigenvalue weighted by molar-refractivity contribution is 5.99. The van der Waals surface area contributed by atoms with Crippen LogP contribution in [-0.2, 0) is 0 Å². The highest BCUT2D eigenvalue weighted by atomic mass is 16.5. The van der Waals surface area contributed by atoms with Gasteiger partial charge < -0.3 is 18.6 Å². The van der Waals surface area contributed by atoms with Crippen LogP contribution in [0.25, 0.3) is 0 Å². The first kappa shape index (κ1) is 18.6. The molecule has 2 aliphatic heterocycles. The van der Waals surface area contributed by atoms with E-state index in [9.17, 15) is 0 Å². The largest absolute Gasteiger partial charge is 0.497 e. The van der Waals surface area contributed by atoms with E-state index < -0.39 is 0 Å². The Morgan fingerprint density at radius 1 is 1.10 bits per heavy atom. The second-order valence-electron chi connectivity index (χ2n) is 7.41. The van der Waals surface area contributed by atoms with Gasteiger partial charge in [0.25, 0.3) is 0 Å². The Labute approximate surface area is 175 Å². The van der Waals surface area contributed by atoms with Crippen molar-refractivity contribution in [3.05, 3.63) is 77.2 Å². The zero-order valence-electron chi connectivity index (χ0n) is 17.3. The number of furan rings is 1. The van der Waals surface area contributed by atoms with Crippen molar-refractivity contribution in [1.29, 1.82) is 0 Å². The number of ether oxygens (including phenoxy) is 3. The summed E-state index contributed by atoms with van der Waals surface area (Å²) < 4.78 is 23.5. The van der Waals surface area contributed by atoms with Gasteiger partial charge >= 0.3 is 0 Å². The SMILES string of the molecule is CCOc1cccc2c1O[C@@H](c1ccc(OC)cc1)N1N=C(c3ccc(C)o3)C[C@H]21. The second-order valence-corrected chi connectivity index (χ2v) is 7.41. The van der Waals surface area contributed by atoms with Crippen molar-refractivity contribution in [2.45, 2.75) is 32.5 Å². The number of nitrogens with zero attached hydrogens (tertiary/aromatic N) is 2. The molecule has 1 aromatic heterocycles. The van der Waals surface area contributed by atoms with Crippen LogP contribution >= 0.6 is 0 Å². The minimum absolute atomic E-state index is 0.0432. The van der Waals surface area contributed by atoms with Gasteiger partial charge in [0.2, 0.25) is 6.23 Å². The predicted molar refractivity (Wildman–Crippen MR) is 113 cm³/mol. The summed E-state index contributed by atoms with van der Waals surface area (Å²) in [6.07, 6.45) is 0.370. The van der Waals surface area contributed by atoms with Crippen molar-refractivity contribution in [2.75, 3.05) is 13.7 Å². The third-order valence-corrected chi connectivity index (χ3v) is 5.51. The number of hydrogen-bond donors (Lipinski definition) is 0. The number of rotatable bonds is 5. The van der Waals surface area contributed by atoms with Gasteiger partial charge in [0.15, 0.2) is 11.5 Å². The maximum atomic E-state index is 6.50. The molecule has 0 amide bonds. The molecule has 154 valence electrons. The number of hydrogen-bond acceptors (Lipinski definition) is 6. The molecule has 3 heterocycles. The van der Waals surface area contributed by atoms with Crippen molar-refractivity contribution in [3.8, 4) is 17.2 Å². The molecule has 6 nitrogen and oxygen atoms in total. The molecule has 0 saturated heterocycles. The fourth-order valence-electron chi connectivity index (χ4n) is 4.08. The lowest BCUT2D eigenvalue weighted by Gasteiger charge is -2.38. The van der Waals surface area contributed by atoms with Crippen molar-refractivity contribution in [3.63, 3.8) is 0 Å². The van der Waals surface area contributed by atoms with Gasteiger partial charge in [0.05, 0.1) is 19.8 Å². The van der Waals surface area contributed by atoms with Gasteiger partial charge in [0.1, 0.15) is 23.0 Å². The highest BCUT2D eigenvalue weighted by Crippen LogP contribution is 2.50. The van der Waals surface area contributed by atoms with E-state index in [1.54, 1.807) is 7.11 Å². The van der Waals surface area contributed by atoms with Crippen LogP contribution < -0.4 is 14.2 Å². The molecule has 5 rings (SSSR count). The van der Waals surface area contributed by atoms with Gasteiger partial charge in [-0.25, -0.2) is 5.01 Å². The second kappa shape index (κ2) is 7.44. The zero-order valence-corrected chi connectivity index (χ0v) is 17.3. The number of para-hydroxylation sites is 1. The van der Waals surface area contributed by atoms with E-state index in [-0.39, 0.29) is 12.3 Å². The average Bonchev–Trinajstić information content (AvgIpc) is 3.40. The van der Waals surface area contributed by atoms with Crippen LogP contribution in [0, 0.1) is 6.92 Å². The molecule has 6 heteroatoms. The van der Waals surface area contributed by atoms with E-state index in [1.807, 2.05) is 67.4 Å². The Hall–Kier alpha value is -3.41. The summed E-state index contributed by atoms with van der Waals surface area (Å²) in [5.41, 5.74) is 3.00. The summed E-state index contributed by atoms with van der Waals surface area (Å²) in [6.45, 7) is 4.50. The highest BCUT2D eigenvalue weighted by Gasteiger charge is 2.42. The first-order valence-electron chi connectivity index (χ1n) is 10.2. The number of aryl methyl sites for hydroxylation is 1. The van der Waals surface area contributed by atoms with Crippen LogP contribution in [0.15, 0.2) is 64.1 Å². The normalized spacial score (nSPS) is 19.6. The molecule has 0 bridgehead atoms. The van der Waals surface area contributed by atoms with Gasteiger partial charge in [-0.05, 0) is 56.3 Å². The fourth-order valence-corrected chi connectivity index (χ4v) is 4.08. The molecule has 2 atom stereocenters. The summed E-state index contributed by atoms with van der Waals surface area (Å²) in [5, 5.41) is 6.96. The number of benzene rings is 2. The summed E-state index contributed by atoms with van der Waals surface area (Å²) in [4.78, 5) is 0. The van der Waals surface area contributed by atoms with Crippen LogP contribution in [0.3, 0.4) is 0 Å². The third-order valence-electron chi connectivity index (χ3n) is 5.51. The lowest BCUT2D eigenvalue weighted by molar-refractivity contribution is -0.0212. The smallest absolute Gasteiger partial charge is 0.214 e. The Bertz CT molecular complexity index is 1090. The standard InChI is InChI=1S/C24H24N2O4/c1-4-28-22-7-5-6-18-20-14-19(21-13-8-15(2)29-21)25-26(20)24(30-23(18)22)16-9-11-17(27-3)12-10-16/h5-13,20,24H,4,14H2,1-3H3/t20-,24+/m1/s1. The maximum Gasteiger partial charge on any atom is 0.214 e. The molecule has 3 aromatic rings. The summed E-state index contributed by atoms with van der Waals surface area (Å²) in [5.74, 6) is 4.03. The monoisotopic (exact) mass is 404 g/mol. The molecule has 0 N–H and O–H groups in total. The van der Waals surface area contributed by atoms with Gasteiger partial charge in [-0.1, -0.05) is 12.1 Å². The summed E-state index contributed by atoms with van der Waals surface area (Å²) >= 11 is 0. The van der Waals surface area contributed by atoms with Crippen molar-refractivity contribution >= 4 is 5.71 Å². The average molecular weight is 404 g/mol. The number of methoxy groups -OCH3 is 1. The summed E-state index contributed by atoms with van der Waals surface area (Å²) in [6, 6.07) is 17.9. The Balaban J connectivity index is 1.59. The van der Waals surface area contributed by atoms with Crippen LogP contribution in [0.1, 0.15) is 48.3 Å². The first-order chi connectivity index (χ1) is 14.7. The van der Waals surface area contributed by atoms with Crippen LogP contribution in [0.2, 0.25) is 0 Å². The molecular formula is C24H24N2O4. The van der Waals surface area contributed by atoms with Gasteiger partial charge in [0, 0.05) is 17.5 Å². The van der Waals surface area contributed by atoms with Crippen molar-refractivity contribution in [2.24, 2.45) is 5.10 Å². The van der Waals surface area contributed by atoms with Crippen LogP contribution in [-0.4, -0.2) is 24.4 Å². The van der Waals surface area contributed by atoms with Gasteiger partial charge in [-0.3, -0.25) is 0 Å². The molecule has 0 unspecified atom stereocenters. The molecule has 0 aliphatic carbocycles. The maximum absolute atomic E-state index is 6.50. The van der Waals surface area contributed by atoms with Crippen LogP contribution in [0.5, 0.6) is 17.2 Å². The third kappa shape index (κ3) is 3.09. The fraction of sp³-hybridized carbons (Fsp3) is 0.292. The summed E-state index contributed by atoms with van der Waals surface area (Å²) in [7, 11) is 1.66. The van der Waals surface area contributed by atoms with E-state index in [1.165, 1.54) is 0 Å². The van der Waals surface area contributed by atoms with Crippen molar-refractivity contribution < 1.29 is 18.6 Å². The molecular weight excluding hydrogens is 380 g/mol. The quantitative estimate of drug-likeness (QED) is 0.582. The van der Waals surface area contributed by atoms with Crippen molar-refractivity contribution in [1.82, 2.24) is 5.01 Å². The van der Waals surface area contributed by atoms with E-state index in [0.717, 1.165) is 52.0 Å². The molecule has 0 fully saturated rings. The van der Waals surface area contributed by atoms with E-state index in [0.29, 0.717) is 6.61 Å². The molecule has 2 aromatic carbocycles. The molecule has 0 radical (unpaired) electrons. The van der Waals surface area contributed by atoms with E-state index in [2.05, 4.69) is 6.07 Å². The topological polar surface area (TPSA) is 56.4 Å². The van der Waals surface area contributed by atoms with E-state index in [4.69, 9.17) is 23.7 Å². The van der Waals surface area contributed by atoms with Gasteiger partial charge in [-0.2, -0.15) is 5.10 Å². The molecule has 30 heavy (non-hydrogen) atoms. The lowest BCUT2D eigenvalue weighted by Crippen LogP contribution is -2.33. The lowest BCUT2D eigenvalue weighted by atomic mass is 9.97. The Morgan fingerprint density at radius 3 is 2.63 bits per heavy atom. The first-order valence-corrected chi connectivity index (χ1v) is 10.2. The molecule has 0 saturated carbocycles. The predicted octanol–water partition coefficient (Wildman–Crippen LogP) is 5.24. The molecule has 0 spiro atoms. The van der Waals surface area contributed by atoms with Crippen LogP contribution in [0.4, 0.5) is 0 Å². The zero-order chi connectivity index (χ0) is 20.7. The minimum atomic E-state index is -0.372. The van der Waals surface area contributed by atoms with E-state index >= 15 is 0 Å². The number of hydrazone groups is 1. The molecule has 2 aliphatic rings. The number of fused-ring (bicyclic) bond motifs is 3.